The summed E-state index contributed by atoms with van der Waals surface area (Å²) >= 11 is 11.4. The zero-order chi connectivity index (χ0) is 8.72. The Bertz CT molecular complexity index is 440. The Morgan fingerprint density at radius 1 is 1.33 bits per heavy atom. The maximum absolute atomic E-state index is 10.9. The lowest BCUT2D eigenvalue weighted by atomic mass is 10.3. The molecular formula is C6H3Cl2N3O. The molecule has 0 radical (unpaired) electrons. The van der Waals surface area contributed by atoms with E-state index in [0.717, 1.165) is 0 Å². The lowest BCUT2D eigenvalue weighted by Gasteiger charge is -1.94. The molecular weight excluding hydrogens is 201 g/mol. The molecule has 0 aliphatic heterocycles. The predicted molar refractivity (Wildman–Crippen MR) is 45.1 cm³/mol. The number of aromatic amines is 1. The van der Waals surface area contributed by atoms with Crippen molar-refractivity contribution in [3.63, 3.8) is 0 Å². The first kappa shape index (κ1) is 7.64. The fraction of sp³-hybridized carbons (Fsp3) is 0. The van der Waals surface area contributed by atoms with Gasteiger partial charge < -0.3 is 5.21 Å². The molecule has 0 fully saturated rings. The number of benzene rings is 1. The Morgan fingerprint density at radius 3 is 2.75 bits per heavy atom. The van der Waals surface area contributed by atoms with Crippen molar-refractivity contribution in [1.29, 1.82) is 0 Å². The molecule has 0 saturated heterocycles. The summed E-state index contributed by atoms with van der Waals surface area (Å²) in [7, 11) is 0. The van der Waals surface area contributed by atoms with Crippen molar-refractivity contribution < 1.29 is 4.85 Å². The largest absolute Gasteiger partial charge is 0.691 e. The van der Waals surface area contributed by atoms with Crippen LogP contribution < -0.4 is 4.85 Å². The summed E-state index contributed by atoms with van der Waals surface area (Å²) in [5, 5.41) is 17.6. The fourth-order valence-electron chi connectivity index (χ4n) is 0.937. The molecule has 4 nitrogen and oxygen atoms in total. The number of rotatable bonds is 0. The Balaban J connectivity index is 2.87. The normalized spacial score (nSPS) is 10.8. The van der Waals surface area contributed by atoms with Crippen molar-refractivity contribution in [2.75, 3.05) is 0 Å². The van der Waals surface area contributed by atoms with Gasteiger partial charge in [-0.25, -0.2) is 0 Å². The lowest BCUT2D eigenvalue weighted by Crippen LogP contribution is -2.27. The van der Waals surface area contributed by atoms with Gasteiger partial charge in [-0.2, -0.15) is 0 Å². The van der Waals surface area contributed by atoms with Crippen LogP contribution in [0.2, 0.25) is 10.0 Å². The summed E-state index contributed by atoms with van der Waals surface area (Å²) in [6.07, 6.45) is 0. The molecule has 6 heteroatoms. The summed E-state index contributed by atoms with van der Waals surface area (Å²) in [5.74, 6) is 0. The van der Waals surface area contributed by atoms with Crippen molar-refractivity contribution in [3.05, 3.63) is 27.4 Å². The first-order valence-electron chi connectivity index (χ1n) is 3.11. The van der Waals surface area contributed by atoms with Crippen LogP contribution in [0, 0.1) is 5.21 Å². The monoisotopic (exact) mass is 203 g/mol. The third-order valence-electron chi connectivity index (χ3n) is 1.51. The molecule has 2 aromatic rings. The van der Waals surface area contributed by atoms with E-state index in [1.54, 1.807) is 6.07 Å². The van der Waals surface area contributed by atoms with Gasteiger partial charge in [0.05, 0.1) is 15.3 Å². The van der Waals surface area contributed by atoms with Crippen molar-refractivity contribution in [3.8, 4) is 0 Å². The second-order valence-electron chi connectivity index (χ2n) is 2.27. The molecule has 1 aromatic heterocycles. The van der Waals surface area contributed by atoms with E-state index in [1.165, 1.54) is 6.07 Å². The van der Waals surface area contributed by atoms with Crippen LogP contribution in [0.1, 0.15) is 0 Å². The lowest BCUT2D eigenvalue weighted by molar-refractivity contribution is -0.644. The van der Waals surface area contributed by atoms with E-state index in [9.17, 15) is 5.21 Å². The van der Waals surface area contributed by atoms with Crippen LogP contribution in [0.25, 0.3) is 11.0 Å². The van der Waals surface area contributed by atoms with Gasteiger partial charge >= 0.3 is 0 Å². The highest BCUT2D eigenvalue weighted by Gasteiger charge is 2.09. The molecule has 2 rings (SSSR count). The van der Waals surface area contributed by atoms with Crippen molar-refractivity contribution in [1.82, 2.24) is 10.3 Å². The van der Waals surface area contributed by atoms with Crippen LogP contribution >= 0.6 is 23.2 Å². The fourth-order valence-corrected chi connectivity index (χ4v) is 1.26. The topological polar surface area (TPSA) is 55.6 Å². The number of hydrogen-bond acceptors (Lipinski definition) is 2. The van der Waals surface area contributed by atoms with Gasteiger partial charge in [0.15, 0.2) is 5.52 Å². The van der Waals surface area contributed by atoms with Crippen LogP contribution in [0.5, 0.6) is 0 Å². The average molecular weight is 204 g/mol. The average Bonchev–Trinajstić information content (AvgIpc) is 2.35. The molecule has 0 atom stereocenters. The van der Waals surface area contributed by atoms with E-state index >= 15 is 0 Å². The highest BCUT2D eigenvalue weighted by Crippen LogP contribution is 2.24. The van der Waals surface area contributed by atoms with E-state index in [1.807, 2.05) is 0 Å². The molecule has 0 aliphatic rings. The van der Waals surface area contributed by atoms with Crippen molar-refractivity contribution in [2.45, 2.75) is 0 Å². The van der Waals surface area contributed by atoms with Crippen LogP contribution in [0.4, 0.5) is 0 Å². The first-order valence-corrected chi connectivity index (χ1v) is 3.87. The van der Waals surface area contributed by atoms with E-state index < -0.39 is 0 Å². The van der Waals surface area contributed by atoms with Gasteiger partial charge in [0.25, 0.3) is 0 Å². The van der Waals surface area contributed by atoms with Crippen molar-refractivity contribution >= 4 is 34.2 Å². The molecule has 0 spiro atoms. The Morgan fingerprint density at radius 2 is 2.00 bits per heavy atom. The van der Waals surface area contributed by atoms with Crippen LogP contribution in [0.15, 0.2) is 12.1 Å². The summed E-state index contributed by atoms with van der Waals surface area (Å²) in [6, 6.07) is 3.02. The highest BCUT2D eigenvalue weighted by molar-refractivity contribution is 6.42. The first-order chi connectivity index (χ1) is 5.68. The molecule has 0 amide bonds. The predicted octanol–water partition coefficient (Wildman–Crippen LogP) is 1.50. The van der Waals surface area contributed by atoms with Crippen LogP contribution in [0.3, 0.4) is 0 Å². The molecule has 0 saturated carbocycles. The Hall–Kier alpha value is -1.000. The zero-order valence-electron chi connectivity index (χ0n) is 5.71. The summed E-state index contributed by atoms with van der Waals surface area (Å²) in [5.41, 5.74) is 0.948. The van der Waals surface area contributed by atoms with Crippen molar-refractivity contribution in [2.24, 2.45) is 0 Å². The standard InChI is InChI=1S/C6H3Cl2N3O/c7-3-1-5-6(2-4(3)8)11(12)10-9-5/h1-2,9H. The number of aromatic nitrogens is 3. The SMILES string of the molecule is [O-][n+]1n[nH]c2cc(Cl)c(Cl)cc21. The van der Waals surface area contributed by atoms with Gasteiger partial charge in [0, 0.05) is 12.1 Å². The summed E-state index contributed by atoms with van der Waals surface area (Å²) < 4.78 is 0. The number of fused-ring (bicyclic) bond motifs is 1. The van der Waals surface area contributed by atoms with Gasteiger partial charge in [-0.3, -0.25) is 0 Å². The second-order valence-corrected chi connectivity index (χ2v) is 3.08. The minimum atomic E-state index is 0.343. The Kier molecular flexibility index (Phi) is 1.59. The van der Waals surface area contributed by atoms with Gasteiger partial charge in [-0.05, 0) is 0 Å². The summed E-state index contributed by atoms with van der Waals surface area (Å²) in [6.45, 7) is 0. The third-order valence-corrected chi connectivity index (χ3v) is 2.23. The number of nitrogens with one attached hydrogen (secondary N) is 1. The molecule has 1 N–H and O–H groups in total. The molecule has 12 heavy (non-hydrogen) atoms. The summed E-state index contributed by atoms with van der Waals surface area (Å²) in [4.78, 5) is 0.456. The number of halogens is 2. The second kappa shape index (κ2) is 2.50. The van der Waals surface area contributed by atoms with Crippen LogP contribution in [-0.2, 0) is 0 Å². The molecule has 1 aromatic carbocycles. The Labute approximate surface area is 77.3 Å². The van der Waals surface area contributed by atoms with E-state index in [-0.39, 0.29) is 0 Å². The quantitative estimate of drug-likeness (QED) is 0.522. The smallest absolute Gasteiger partial charge is 0.204 e. The van der Waals surface area contributed by atoms with E-state index in [4.69, 9.17) is 23.2 Å². The van der Waals surface area contributed by atoms with Gasteiger partial charge in [0.1, 0.15) is 0 Å². The molecule has 0 aliphatic carbocycles. The third kappa shape index (κ3) is 1.00. The molecule has 0 unspecified atom stereocenters. The maximum Gasteiger partial charge on any atom is 0.204 e. The minimum absolute atomic E-state index is 0.343. The zero-order valence-corrected chi connectivity index (χ0v) is 7.23. The number of hydrogen-bond donors (Lipinski definition) is 1. The maximum atomic E-state index is 10.9. The molecule has 62 valence electrons. The van der Waals surface area contributed by atoms with Gasteiger partial charge in [-0.15, -0.1) is 9.94 Å². The highest BCUT2D eigenvalue weighted by atomic mass is 35.5. The molecule has 1 heterocycles. The minimum Gasteiger partial charge on any atom is -0.691 e. The van der Waals surface area contributed by atoms with Gasteiger partial charge in [-0.1, -0.05) is 23.2 Å². The van der Waals surface area contributed by atoms with Crippen LogP contribution in [-0.4, -0.2) is 10.3 Å². The van der Waals surface area contributed by atoms with Gasteiger partial charge in [0.2, 0.25) is 5.52 Å². The molecule has 0 bridgehead atoms. The number of H-pyrrole nitrogens is 1. The van der Waals surface area contributed by atoms with E-state index in [0.29, 0.717) is 25.9 Å². The number of nitrogens with zero attached hydrogens (tertiary/aromatic N) is 2. The van der Waals surface area contributed by atoms with E-state index in [2.05, 4.69) is 10.3 Å².